The zero-order valence-corrected chi connectivity index (χ0v) is 17.9. The van der Waals surface area contributed by atoms with Gasteiger partial charge in [0.25, 0.3) is 5.91 Å². The Kier molecular flexibility index (Phi) is 5.56. The summed E-state index contributed by atoms with van der Waals surface area (Å²) in [5, 5.41) is 0.654. The molecule has 5 heteroatoms. The molecule has 1 aliphatic rings. The van der Waals surface area contributed by atoms with Crippen molar-refractivity contribution in [3.8, 4) is 5.75 Å². The number of methoxy groups -OCH3 is 1. The summed E-state index contributed by atoms with van der Waals surface area (Å²) in [6.07, 6.45) is 3.80. The fourth-order valence-corrected chi connectivity index (χ4v) is 3.71. The first-order valence-corrected chi connectivity index (χ1v) is 10.2. The Morgan fingerprint density at radius 1 is 1.00 bits per heavy atom. The fourth-order valence-electron chi connectivity index (χ4n) is 3.20. The van der Waals surface area contributed by atoms with Crippen LogP contribution in [0.4, 0.5) is 5.69 Å². The van der Waals surface area contributed by atoms with Crippen LogP contribution in [0.3, 0.4) is 0 Å². The van der Waals surface area contributed by atoms with Crippen LogP contribution in [0.2, 0.25) is 5.02 Å². The van der Waals surface area contributed by atoms with Crippen LogP contribution in [-0.2, 0) is 4.79 Å². The van der Waals surface area contributed by atoms with Crippen molar-refractivity contribution in [3.05, 3.63) is 105 Å². The maximum atomic E-state index is 13.3. The number of carbonyl (C=O) groups excluding carboxylic acids is 1. The Balaban J connectivity index is 1.80. The summed E-state index contributed by atoms with van der Waals surface area (Å²) >= 11 is 9.55. The monoisotopic (exact) mass is 465 g/mol. The van der Waals surface area contributed by atoms with Gasteiger partial charge in [0, 0.05) is 15.1 Å². The summed E-state index contributed by atoms with van der Waals surface area (Å²) in [7, 11) is 1.63. The summed E-state index contributed by atoms with van der Waals surface area (Å²) in [4.78, 5) is 15.1. The Labute approximate surface area is 183 Å². The molecule has 1 heterocycles. The van der Waals surface area contributed by atoms with Crippen LogP contribution < -0.4 is 9.64 Å². The van der Waals surface area contributed by atoms with Gasteiger partial charge >= 0.3 is 0 Å². The van der Waals surface area contributed by atoms with Crippen LogP contribution in [0.5, 0.6) is 5.75 Å². The predicted molar refractivity (Wildman–Crippen MR) is 122 cm³/mol. The number of ether oxygens (including phenoxy) is 1. The lowest BCUT2D eigenvalue weighted by Gasteiger charge is -2.21. The lowest BCUT2D eigenvalue weighted by molar-refractivity contribution is -0.113. The first-order valence-electron chi connectivity index (χ1n) is 8.98. The van der Waals surface area contributed by atoms with Gasteiger partial charge in [-0.25, -0.2) is 0 Å². The first-order chi connectivity index (χ1) is 14.0. The highest BCUT2D eigenvalue weighted by molar-refractivity contribution is 9.10. The van der Waals surface area contributed by atoms with Crippen LogP contribution in [0, 0.1) is 0 Å². The Morgan fingerprint density at radius 2 is 1.72 bits per heavy atom. The molecule has 144 valence electrons. The van der Waals surface area contributed by atoms with Gasteiger partial charge in [0.2, 0.25) is 0 Å². The van der Waals surface area contributed by atoms with E-state index < -0.39 is 0 Å². The second-order valence-corrected chi connectivity index (χ2v) is 7.88. The van der Waals surface area contributed by atoms with Gasteiger partial charge in [-0.15, -0.1) is 0 Å². The minimum Gasteiger partial charge on any atom is -0.497 e. The molecule has 0 atom stereocenters. The van der Waals surface area contributed by atoms with Gasteiger partial charge in [-0.05, 0) is 65.7 Å². The number of rotatable bonds is 4. The highest BCUT2D eigenvalue weighted by Crippen LogP contribution is 2.36. The van der Waals surface area contributed by atoms with Gasteiger partial charge in [-0.1, -0.05) is 57.9 Å². The molecule has 0 radical (unpaired) electrons. The van der Waals surface area contributed by atoms with E-state index in [2.05, 4.69) is 15.9 Å². The number of amides is 1. The van der Waals surface area contributed by atoms with Gasteiger partial charge in [0.15, 0.2) is 0 Å². The molecule has 0 bridgehead atoms. The summed E-state index contributed by atoms with van der Waals surface area (Å²) < 4.78 is 6.12. The highest BCUT2D eigenvalue weighted by atomic mass is 79.9. The largest absolute Gasteiger partial charge is 0.497 e. The van der Waals surface area contributed by atoms with Gasteiger partial charge in [-0.3, -0.25) is 9.69 Å². The van der Waals surface area contributed by atoms with E-state index >= 15 is 0 Å². The predicted octanol–water partition coefficient (Wildman–Crippen LogP) is 6.58. The van der Waals surface area contributed by atoms with Crippen molar-refractivity contribution >= 4 is 50.9 Å². The van der Waals surface area contributed by atoms with Crippen molar-refractivity contribution in [2.24, 2.45) is 0 Å². The van der Waals surface area contributed by atoms with E-state index in [0.717, 1.165) is 32.7 Å². The number of hydrogen-bond donors (Lipinski definition) is 0. The molecule has 0 saturated heterocycles. The minimum absolute atomic E-state index is 0.0798. The number of benzene rings is 3. The van der Waals surface area contributed by atoms with Crippen LogP contribution in [0.15, 0.2) is 88.9 Å². The third-order valence-corrected chi connectivity index (χ3v) is 5.37. The molecule has 0 spiro atoms. The van der Waals surface area contributed by atoms with Crippen molar-refractivity contribution in [2.45, 2.75) is 0 Å². The second kappa shape index (κ2) is 8.27. The SMILES string of the molecule is COc1ccc(/C=C2/C=C(c3ccc(Cl)cc3)N(c3cccc(Br)c3)C2=O)cc1. The molecule has 0 aromatic heterocycles. The van der Waals surface area contributed by atoms with E-state index in [4.69, 9.17) is 16.3 Å². The molecule has 29 heavy (non-hydrogen) atoms. The average molecular weight is 467 g/mol. The van der Waals surface area contributed by atoms with Crippen molar-refractivity contribution in [1.82, 2.24) is 0 Å². The van der Waals surface area contributed by atoms with Crippen molar-refractivity contribution in [1.29, 1.82) is 0 Å². The molecule has 0 unspecified atom stereocenters. The molecular formula is C24H17BrClNO2. The van der Waals surface area contributed by atoms with Gasteiger partial charge < -0.3 is 4.74 Å². The number of hydrogen-bond acceptors (Lipinski definition) is 2. The topological polar surface area (TPSA) is 29.5 Å². The maximum absolute atomic E-state index is 13.3. The minimum atomic E-state index is -0.0798. The molecule has 4 rings (SSSR count). The van der Waals surface area contributed by atoms with E-state index in [1.165, 1.54) is 0 Å². The normalized spacial score (nSPS) is 15.0. The van der Waals surface area contributed by atoms with Gasteiger partial charge in [0.1, 0.15) is 5.75 Å². The van der Waals surface area contributed by atoms with E-state index in [-0.39, 0.29) is 5.91 Å². The highest BCUT2D eigenvalue weighted by Gasteiger charge is 2.30. The summed E-state index contributed by atoms with van der Waals surface area (Å²) in [5.41, 5.74) is 4.06. The van der Waals surface area contributed by atoms with E-state index in [9.17, 15) is 4.79 Å². The number of carbonyl (C=O) groups is 1. The quantitative estimate of drug-likeness (QED) is 0.406. The molecule has 1 amide bonds. The molecule has 3 aromatic rings. The Hall–Kier alpha value is -2.82. The van der Waals surface area contributed by atoms with Crippen LogP contribution in [0.1, 0.15) is 11.1 Å². The van der Waals surface area contributed by atoms with Gasteiger partial charge in [-0.2, -0.15) is 0 Å². The average Bonchev–Trinajstić information content (AvgIpc) is 3.05. The van der Waals surface area contributed by atoms with Crippen LogP contribution in [-0.4, -0.2) is 13.0 Å². The first kappa shape index (κ1) is 19.5. The number of nitrogens with zero attached hydrogens (tertiary/aromatic N) is 1. The molecule has 0 fully saturated rings. The Bertz CT molecular complexity index is 1120. The van der Waals surface area contributed by atoms with E-state index in [0.29, 0.717) is 10.6 Å². The maximum Gasteiger partial charge on any atom is 0.262 e. The third-order valence-electron chi connectivity index (χ3n) is 4.63. The van der Waals surface area contributed by atoms with Crippen LogP contribution in [0.25, 0.3) is 11.8 Å². The van der Waals surface area contributed by atoms with Crippen molar-refractivity contribution in [2.75, 3.05) is 12.0 Å². The lowest BCUT2D eigenvalue weighted by atomic mass is 10.1. The molecule has 1 aliphatic heterocycles. The van der Waals surface area contributed by atoms with Crippen LogP contribution >= 0.6 is 27.5 Å². The molecular weight excluding hydrogens is 450 g/mol. The van der Waals surface area contributed by atoms with Gasteiger partial charge in [0.05, 0.1) is 18.5 Å². The third kappa shape index (κ3) is 4.14. The molecule has 0 saturated carbocycles. The van der Waals surface area contributed by atoms with Crippen molar-refractivity contribution in [3.63, 3.8) is 0 Å². The summed E-state index contributed by atoms with van der Waals surface area (Å²) in [6.45, 7) is 0. The standard InChI is InChI=1S/C24H17BrClNO2/c1-29-22-11-5-16(6-12-22)13-18-14-23(17-7-9-20(26)10-8-17)27(24(18)28)21-4-2-3-19(25)15-21/h2-15H,1H3/b18-13-. The van der Waals surface area contributed by atoms with E-state index in [1.807, 2.05) is 84.9 Å². The summed E-state index contributed by atoms with van der Waals surface area (Å²) in [6, 6.07) is 22.8. The molecule has 3 nitrogen and oxygen atoms in total. The zero-order valence-electron chi connectivity index (χ0n) is 15.6. The smallest absolute Gasteiger partial charge is 0.262 e. The molecule has 3 aromatic carbocycles. The molecule has 0 N–H and O–H groups in total. The summed E-state index contributed by atoms with van der Waals surface area (Å²) in [5.74, 6) is 0.696. The number of anilines is 1. The molecule has 0 aliphatic carbocycles. The lowest BCUT2D eigenvalue weighted by Crippen LogP contribution is -2.24. The number of halogens is 2. The second-order valence-electron chi connectivity index (χ2n) is 6.53. The van der Waals surface area contributed by atoms with E-state index in [1.54, 1.807) is 12.0 Å². The zero-order chi connectivity index (χ0) is 20.4. The fraction of sp³-hybridized carbons (Fsp3) is 0.0417. The Morgan fingerprint density at radius 3 is 2.38 bits per heavy atom. The van der Waals surface area contributed by atoms with Crippen molar-refractivity contribution < 1.29 is 9.53 Å².